The highest BCUT2D eigenvalue weighted by molar-refractivity contribution is 7.93. The maximum absolute atomic E-state index is 13.2. The number of sulfonamides is 2. The van der Waals surface area contributed by atoms with Gasteiger partial charge in [-0.2, -0.15) is 26.3 Å². The molecule has 0 saturated carbocycles. The van der Waals surface area contributed by atoms with E-state index >= 15 is 0 Å². The second-order valence-electron chi connectivity index (χ2n) is 12.9. The van der Waals surface area contributed by atoms with Crippen molar-refractivity contribution in [3.8, 4) is 0 Å². The smallest absolute Gasteiger partial charge is 0.417 e. The molecule has 6 aromatic rings. The number of pyridine rings is 4. The van der Waals surface area contributed by atoms with Crippen LogP contribution in [0, 0.1) is 0 Å². The van der Waals surface area contributed by atoms with Gasteiger partial charge in [-0.15, -0.1) is 0 Å². The first kappa shape index (κ1) is 56.3. The number of carbonyl (C=O) groups is 2. The van der Waals surface area contributed by atoms with Crippen LogP contribution in [0.15, 0.2) is 120 Å². The number of aromatic carboxylic acids is 1. The molecule has 6 rings (SSSR count). The van der Waals surface area contributed by atoms with Gasteiger partial charge in [0, 0.05) is 37.9 Å². The first-order chi connectivity index (χ1) is 31.3. The van der Waals surface area contributed by atoms with E-state index in [2.05, 4.69) is 36.9 Å². The number of carbonyl (C=O) groups excluding carboxylic acids is 1. The summed E-state index contributed by atoms with van der Waals surface area (Å²) in [6.07, 6.45) is -4.37. The number of benzene rings is 2. The van der Waals surface area contributed by atoms with E-state index in [1.807, 2.05) is 22.9 Å². The molecule has 0 aliphatic carbocycles. The number of carboxylic acid groups (broad SMARTS) is 1. The van der Waals surface area contributed by atoms with E-state index in [4.69, 9.17) is 51.5 Å². The Balaban J connectivity index is 0.000000308. The minimum Gasteiger partial charge on any atom is -0.476 e. The molecule has 0 aliphatic heterocycles. The van der Waals surface area contributed by atoms with Crippen LogP contribution in [0.1, 0.15) is 53.4 Å². The summed E-state index contributed by atoms with van der Waals surface area (Å²) in [5.41, 5.74) is -4.47. The maximum Gasteiger partial charge on any atom is 0.417 e. The molecule has 4 N–H and O–H groups in total. The van der Waals surface area contributed by atoms with Gasteiger partial charge in [-0.1, -0.05) is 66.0 Å². The fraction of sp³-hybridized carbons (Fsp3) is 0.171. The van der Waals surface area contributed by atoms with Crippen molar-refractivity contribution in [1.82, 2.24) is 19.9 Å². The van der Waals surface area contributed by atoms with Gasteiger partial charge in [-0.25, -0.2) is 41.6 Å². The largest absolute Gasteiger partial charge is 0.476 e. The minimum atomic E-state index is -4.87. The lowest BCUT2D eigenvalue weighted by Gasteiger charge is -2.21. The third-order valence-corrected chi connectivity index (χ3v) is 12.0. The van der Waals surface area contributed by atoms with Gasteiger partial charge in [0.15, 0.2) is 11.4 Å². The Hall–Kier alpha value is -5.98. The third kappa shape index (κ3) is 15.3. The lowest BCUT2D eigenvalue weighted by molar-refractivity contribution is -0.138. The Morgan fingerprint density at radius 3 is 1.50 bits per heavy atom. The van der Waals surface area contributed by atoms with Gasteiger partial charge >= 0.3 is 18.3 Å². The van der Waals surface area contributed by atoms with Crippen molar-refractivity contribution in [1.29, 1.82) is 0 Å². The lowest BCUT2D eigenvalue weighted by atomic mass is 10.2. The van der Waals surface area contributed by atoms with E-state index in [1.165, 1.54) is 11.1 Å². The number of aromatic nitrogens is 4. The molecule has 4 aromatic heterocycles. The molecule has 364 valence electrons. The summed E-state index contributed by atoms with van der Waals surface area (Å²) >= 11 is 22.6. The summed E-state index contributed by atoms with van der Waals surface area (Å²) in [5, 5.41) is 10.7. The van der Waals surface area contributed by atoms with Crippen LogP contribution in [-0.4, -0.2) is 66.8 Å². The maximum atomic E-state index is 13.2. The molecule has 68 heavy (non-hydrogen) atoms. The van der Waals surface area contributed by atoms with Crippen LogP contribution < -0.4 is 19.7 Å². The number of halogens is 10. The van der Waals surface area contributed by atoms with Crippen molar-refractivity contribution in [3.05, 3.63) is 152 Å². The second kappa shape index (κ2) is 23.8. The van der Waals surface area contributed by atoms with Crippen molar-refractivity contribution < 1.29 is 57.9 Å². The average Bonchev–Trinajstić information content (AvgIpc) is 3.24. The molecule has 0 radical (unpaired) electrons. The van der Waals surface area contributed by atoms with Crippen molar-refractivity contribution >= 4 is 101 Å². The molecule has 0 saturated heterocycles. The normalized spacial score (nSPS) is 11.4. The number of alkyl halides is 6. The Bertz CT molecular complexity index is 2950. The monoisotopic (exact) mass is 1070 g/mol. The SMILES string of the molecule is C.CCN(C(=O)c1ncc(Cl)cc1NS(=O)(=O)c1ccc(Cl)c(C(F)(F)F)c1)c1ccccn1.CCNc1ccccn1.O=C(O)c1ncc(Cl)cc1NS(=O)(=O)c1ccc(Cl)c(C(F)(F)F)c1. The van der Waals surface area contributed by atoms with Crippen LogP contribution in [0.5, 0.6) is 0 Å². The first-order valence-electron chi connectivity index (χ1n) is 18.5. The number of hydrogen-bond donors (Lipinski definition) is 4. The van der Waals surface area contributed by atoms with Crippen molar-refractivity contribution in [2.75, 3.05) is 32.8 Å². The van der Waals surface area contributed by atoms with Crippen molar-refractivity contribution in [3.63, 3.8) is 0 Å². The molecule has 15 nitrogen and oxygen atoms in total. The summed E-state index contributed by atoms with van der Waals surface area (Å²) in [6, 6.07) is 16.9. The van der Waals surface area contributed by atoms with Crippen LogP contribution in [-0.2, 0) is 32.4 Å². The van der Waals surface area contributed by atoms with Gasteiger partial charge in [0.05, 0.1) is 52.4 Å². The van der Waals surface area contributed by atoms with Crippen LogP contribution in [0.2, 0.25) is 20.1 Å². The van der Waals surface area contributed by atoms with E-state index in [-0.39, 0.29) is 35.4 Å². The highest BCUT2D eigenvalue weighted by atomic mass is 35.5. The van der Waals surface area contributed by atoms with Gasteiger partial charge in [0.1, 0.15) is 11.6 Å². The number of nitrogens with one attached hydrogen (secondary N) is 3. The zero-order valence-electron chi connectivity index (χ0n) is 34.0. The Labute approximate surface area is 405 Å². The second-order valence-corrected chi connectivity index (χ2v) is 17.9. The zero-order valence-corrected chi connectivity index (χ0v) is 38.7. The standard InChI is InChI=1S/C20H15Cl2F3N4O3S.C13H7Cl2F3N2O4S.C7H10N2.CH4/c1-2-29(17-5-3-4-8-26-17)19(30)18-16(9-12(21)11-27-18)28-33(31,32)13-6-7-15(22)14(10-13)20(23,24)25;14-6-3-10(11(12(21)22)19-5-6)20-25(23,24)7-1-2-9(15)8(4-7)13(16,17)18;1-2-8-7-5-3-4-6-9-7;/h3-11,28H,2H2,1H3;1-5,20H,(H,21,22);3-6H,2H2,1H3,(H,8,9);1H4. The Kier molecular flexibility index (Phi) is 19.8. The fourth-order valence-electron chi connectivity index (χ4n) is 5.26. The van der Waals surface area contributed by atoms with E-state index < -0.39 is 86.6 Å². The quantitative estimate of drug-likeness (QED) is 0.0843. The third-order valence-electron chi connectivity index (χ3n) is 8.22. The average molecular weight is 1070 g/mol. The first-order valence-corrected chi connectivity index (χ1v) is 23.0. The van der Waals surface area contributed by atoms with Gasteiger partial charge < -0.3 is 10.4 Å². The highest BCUT2D eigenvalue weighted by Gasteiger charge is 2.36. The summed E-state index contributed by atoms with van der Waals surface area (Å²) in [5.74, 6) is -1.01. The predicted molar refractivity (Wildman–Crippen MR) is 247 cm³/mol. The lowest BCUT2D eigenvalue weighted by Crippen LogP contribution is -2.33. The van der Waals surface area contributed by atoms with Gasteiger partial charge in [-0.05, 0) is 86.6 Å². The Morgan fingerprint density at radius 1 is 0.647 bits per heavy atom. The molecule has 2 aromatic carbocycles. The van der Waals surface area contributed by atoms with E-state index in [9.17, 15) is 52.8 Å². The molecular weight excluding hydrogens is 1040 g/mol. The number of carboxylic acids is 1. The van der Waals surface area contributed by atoms with Crippen LogP contribution >= 0.6 is 46.4 Å². The van der Waals surface area contributed by atoms with Crippen LogP contribution in [0.25, 0.3) is 0 Å². The number of anilines is 4. The molecule has 0 spiro atoms. The highest BCUT2D eigenvalue weighted by Crippen LogP contribution is 2.38. The van der Waals surface area contributed by atoms with Gasteiger partial charge in [0.2, 0.25) is 0 Å². The van der Waals surface area contributed by atoms with E-state index in [0.717, 1.165) is 61.2 Å². The summed E-state index contributed by atoms with van der Waals surface area (Å²) in [6.45, 7) is 4.84. The predicted octanol–water partition coefficient (Wildman–Crippen LogP) is 11.3. The molecule has 0 aliphatic rings. The molecule has 1 amide bonds. The molecule has 27 heteroatoms. The van der Waals surface area contributed by atoms with Crippen LogP contribution in [0.4, 0.5) is 49.4 Å². The topological polar surface area (TPSA) is 214 Å². The molecule has 0 fully saturated rings. The fourth-order valence-corrected chi connectivity index (χ4v) is 8.19. The number of amides is 1. The Morgan fingerprint density at radius 2 is 1.10 bits per heavy atom. The number of nitrogens with zero attached hydrogens (tertiary/aromatic N) is 5. The van der Waals surface area contributed by atoms with Crippen LogP contribution in [0.3, 0.4) is 0 Å². The van der Waals surface area contributed by atoms with Crippen molar-refractivity contribution in [2.45, 2.75) is 43.4 Å². The summed E-state index contributed by atoms with van der Waals surface area (Å²) in [7, 11) is -9.13. The molecule has 0 atom stereocenters. The summed E-state index contributed by atoms with van der Waals surface area (Å²) in [4.78, 5) is 39.6. The number of hydrogen-bond acceptors (Lipinski definition) is 11. The number of rotatable bonds is 12. The van der Waals surface area contributed by atoms with E-state index in [1.54, 1.807) is 31.3 Å². The molecular formula is C41H36Cl4F6N8O7S2. The molecule has 0 unspecified atom stereocenters. The summed E-state index contributed by atoms with van der Waals surface area (Å²) < 4.78 is 132. The van der Waals surface area contributed by atoms with Gasteiger partial charge in [-0.3, -0.25) is 19.1 Å². The van der Waals surface area contributed by atoms with Gasteiger partial charge in [0.25, 0.3) is 26.0 Å². The van der Waals surface area contributed by atoms with Crippen molar-refractivity contribution in [2.24, 2.45) is 0 Å². The van der Waals surface area contributed by atoms with E-state index in [0.29, 0.717) is 18.0 Å². The molecule has 4 heterocycles. The molecule has 0 bridgehead atoms. The zero-order chi connectivity index (χ0) is 49.9. The minimum absolute atomic E-state index is 0.